The summed E-state index contributed by atoms with van der Waals surface area (Å²) in [6, 6.07) is 3.32. The smallest absolute Gasteiger partial charge is 0.169 e. The molecule has 5 heteroatoms. The van der Waals surface area contributed by atoms with E-state index in [0.717, 1.165) is 11.3 Å². The van der Waals surface area contributed by atoms with Crippen LogP contribution in [0.3, 0.4) is 0 Å². The lowest BCUT2D eigenvalue weighted by Gasteiger charge is -1.86. The topological polar surface area (TPSA) is 63.1 Å². The average molecular weight is 197 g/mol. The molecular weight excluding hydrogens is 190 g/mol. The lowest BCUT2D eigenvalue weighted by atomic mass is 10.2. The van der Waals surface area contributed by atoms with Crippen LogP contribution in [0.15, 0.2) is 40.2 Å². The van der Waals surface area contributed by atoms with Gasteiger partial charge in [0.05, 0.1) is 17.4 Å². The van der Waals surface area contributed by atoms with Gasteiger partial charge in [-0.15, -0.1) is 0 Å². The summed E-state index contributed by atoms with van der Waals surface area (Å²) < 4.78 is 26.0. The van der Waals surface area contributed by atoms with Crippen LogP contribution in [0.2, 0.25) is 0 Å². The molecule has 0 atom stereocenters. The maximum Gasteiger partial charge on any atom is 0.169 e. The molecule has 0 unspecified atom stereocenters. The quantitative estimate of drug-likeness (QED) is 0.712. The highest BCUT2D eigenvalue weighted by Gasteiger charge is 2.03. The van der Waals surface area contributed by atoms with Gasteiger partial charge in [-0.2, -0.15) is 0 Å². The Hall–Kier alpha value is -1.49. The number of hydrogen-bond acceptors (Lipinski definition) is 3. The fourth-order valence-corrected chi connectivity index (χ4v) is 1.48. The van der Waals surface area contributed by atoms with Gasteiger partial charge in [-0.25, -0.2) is 8.42 Å². The Morgan fingerprint density at radius 2 is 2.23 bits per heavy atom. The molecule has 0 aromatic carbocycles. The summed E-state index contributed by atoms with van der Waals surface area (Å²) in [6.45, 7) is 0. The van der Waals surface area contributed by atoms with Crippen LogP contribution in [0.25, 0.3) is 11.3 Å². The number of rotatable bonds is 2. The molecule has 0 aliphatic heterocycles. The average Bonchev–Trinajstić information content (AvgIpc) is 2.75. The van der Waals surface area contributed by atoms with Gasteiger partial charge in [0.15, 0.2) is 10.7 Å². The highest BCUT2D eigenvalue weighted by Crippen LogP contribution is 2.19. The first-order chi connectivity index (χ1) is 6.27. The fraction of sp³-hybridized carbons (Fsp3) is 0. The Balaban J connectivity index is 2.44. The highest BCUT2D eigenvalue weighted by atomic mass is 32.2. The fourth-order valence-electron chi connectivity index (χ4n) is 1.07. The minimum Gasteiger partial charge on any atom is -0.472 e. The van der Waals surface area contributed by atoms with Gasteiger partial charge in [-0.1, -0.05) is 0 Å². The zero-order chi connectivity index (χ0) is 9.26. The molecule has 68 valence electrons. The van der Waals surface area contributed by atoms with Gasteiger partial charge in [0.1, 0.15) is 0 Å². The van der Waals surface area contributed by atoms with Crippen molar-refractivity contribution in [3.63, 3.8) is 0 Å². The second-order valence-corrected chi connectivity index (χ2v) is 3.57. The van der Waals surface area contributed by atoms with Crippen molar-refractivity contribution in [2.45, 2.75) is 4.90 Å². The van der Waals surface area contributed by atoms with Gasteiger partial charge < -0.3 is 9.40 Å². The minimum atomic E-state index is -2.51. The van der Waals surface area contributed by atoms with Crippen molar-refractivity contribution >= 4 is 10.7 Å². The lowest BCUT2D eigenvalue weighted by molar-refractivity contribution is 0.568. The number of hydrogen-bond donors (Lipinski definition) is 2. The predicted octanol–water partition coefficient (Wildman–Crippen LogP) is 1.25. The SMILES string of the molecule is O=[SH](=O)c1c[nH]c(-c2ccoc2)c1. The van der Waals surface area contributed by atoms with E-state index >= 15 is 0 Å². The summed E-state index contributed by atoms with van der Waals surface area (Å²) in [6.07, 6.45) is 4.54. The van der Waals surface area contributed by atoms with Crippen molar-refractivity contribution in [2.24, 2.45) is 0 Å². The van der Waals surface area contributed by atoms with Crippen molar-refractivity contribution in [3.8, 4) is 11.3 Å². The number of thiol groups is 1. The van der Waals surface area contributed by atoms with Crippen LogP contribution >= 0.6 is 0 Å². The molecule has 0 aliphatic rings. The molecule has 1 N–H and O–H groups in total. The van der Waals surface area contributed by atoms with E-state index in [0.29, 0.717) is 0 Å². The van der Waals surface area contributed by atoms with E-state index in [1.54, 1.807) is 18.4 Å². The number of H-pyrrole nitrogens is 1. The van der Waals surface area contributed by atoms with Crippen LogP contribution in [-0.2, 0) is 10.7 Å². The summed E-state index contributed by atoms with van der Waals surface area (Å²) in [4.78, 5) is 3.13. The number of furan rings is 1. The molecule has 0 saturated heterocycles. The third-order valence-electron chi connectivity index (χ3n) is 1.71. The maximum atomic E-state index is 10.6. The molecule has 2 aromatic rings. The molecular formula is C8H7NO3S. The Morgan fingerprint density at radius 3 is 2.77 bits per heavy atom. The summed E-state index contributed by atoms with van der Waals surface area (Å²) in [5.74, 6) is 0. The second kappa shape index (κ2) is 3.10. The molecule has 0 amide bonds. The number of aromatic amines is 1. The number of nitrogens with one attached hydrogen (secondary N) is 1. The molecule has 2 aromatic heterocycles. The summed E-state index contributed by atoms with van der Waals surface area (Å²) in [5, 5.41) is 0. The van der Waals surface area contributed by atoms with Gasteiger partial charge in [0.2, 0.25) is 0 Å². The summed E-state index contributed by atoms with van der Waals surface area (Å²) in [5.41, 5.74) is 1.58. The predicted molar refractivity (Wildman–Crippen MR) is 47.1 cm³/mol. The van der Waals surface area contributed by atoms with E-state index in [1.165, 1.54) is 12.5 Å². The normalized spacial score (nSPS) is 10.8. The zero-order valence-corrected chi connectivity index (χ0v) is 7.45. The summed E-state index contributed by atoms with van der Waals surface area (Å²) in [7, 11) is -2.51. The monoisotopic (exact) mass is 197 g/mol. The first kappa shape index (κ1) is 8.12. The molecule has 0 bridgehead atoms. The van der Waals surface area contributed by atoms with Crippen LogP contribution in [0.4, 0.5) is 0 Å². The summed E-state index contributed by atoms with van der Waals surface area (Å²) >= 11 is 0. The van der Waals surface area contributed by atoms with Gasteiger partial charge in [0, 0.05) is 17.5 Å². The standard InChI is InChI=1S/C8H7NO3S/c10-13(11)7-3-8(9-4-7)6-1-2-12-5-6/h1-5,9,13H. The molecule has 2 heterocycles. The first-order valence-corrected chi connectivity index (χ1v) is 4.80. The molecule has 2 rings (SSSR count). The Morgan fingerprint density at radius 1 is 1.38 bits per heavy atom. The number of aromatic nitrogens is 1. The molecule has 13 heavy (non-hydrogen) atoms. The molecule has 0 aliphatic carbocycles. The molecule has 0 fully saturated rings. The van der Waals surface area contributed by atoms with E-state index in [4.69, 9.17) is 4.42 Å². The minimum absolute atomic E-state index is 0.284. The zero-order valence-electron chi connectivity index (χ0n) is 6.56. The third kappa shape index (κ3) is 1.50. The Bertz CT molecular complexity index is 459. The van der Waals surface area contributed by atoms with E-state index in [1.807, 2.05) is 0 Å². The molecule has 0 spiro atoms. The molecule has 0 saturated carbocycles. The van der Waals surface area contributed by atoms with Crippen molar-refractivity contribution in [1.29, 1.82) is 0 Å². The second-order valence-electron chi connectivity index (χ2n) is 2.54. The molecule has 4 nitrogen and oxygen atoms in total. The lowest BCUT2D eigenvalue weighted by Crippen LogP contribution is -1.71. The van der Waals surface area contributed by atoms with Crippen molar-refractivity contribution in [3.05, 3.63) is 30.9 Å². The van der Waals surface area contributed by atoms with E-state index in [-0.39, 0.29) is 4.90 Å². The van der Waals surface area contributed by atoms with E-state index in [9.17, 15) is 8.42 Å². The van der Waals surface area contributed by atoms with Crippen molar-refractivity contribution in [2.75, 3.05) is 0 Å². The van der Waals surface area contributed by atoms with Crippen LogP contribution < -0.4 is 0 Å². The van der Waals surface area contributed by atoms with Crippen LogP contribution in [0.5, 0.6) is 0 Å². The van der Waals surface area contributed by atoms with Crippen LogP contribution in [-0.4, -0.2) is 13.4 Å². The van der Waals surface area contributed by atoms with Gasteiger partial charge in [0.25, 0.3) is 0 Å². The van der Waals surface area contributed by atoms with Gasteiger partial charge in [-0.05, 0) is 12.1 Å². The van der Waals surface area contributed by atoms with Gasteiger partial charge in [-0.3, -0.25) is 0 Å². The Kier molecular flexibility index (Phi) is 1.94. The van der Waals surface area contributed by atoms with Crippen LogP contribution in [0.1, 0.15) is 0 Å². The first-order valence-electron chi connectivity index (χ1n) is 3.63. The van der Waals surface area contributed by atoms with Crippen molar-refractivity contribution in [1.82, 2.24) is 4.98 Å². The van der Waals surface area contributed by atoms with E-state index in [2.05, 4.69) is 4.98 Å². The largest absolute Gasteiger partial charge is 0.472 e. The Labute approximate surface area is 76.1 Å². The highest BCUT2D eigenvalue weighted by molar-refractivity contribution is 7.72. The third-order valence-corrected chi connectivity index (χ3v) is 2.39. The molecule has 0 radical (unpaired) electrons. The van der Waals surface area contributed by atoms with E-state index < -0.39 is 10.7 Å². The van der Waals surface area contributed by atoms with Crippen molar-refractivity contribution < 1.29 is 12.8 Å². The van der Waals surface area contributed by atoms with Crippen LogP contribution in [0, 0.1) is 0 Å². The maximum absolute atomic E-state index is 10.6. The van der Waals surface area contributed by atoms with Gasteiger partial charge >= 0.3 is 0 Å².